The van der Waals surface area contributed by atoms with E-state index in [2.05, 4.69) is 27.3 Å². The highest BCUT2D eigenvalue weighted by atomic mass is 16.5. The van der Waals surface area contributed by atoms with Gasteiger partial charge in [-0.25, -0.2) is 9.59 Å². The number of nitrogens with one attached hydrogen (secondary N) is 2. The summed E-state index contributed by atoms with van der Waals surface area (Å²) < 4.78 is 9.86. The number of hydrogen-bond acceptors (Lipinski definition) is 6. The topological polar surface area (TPSA) is 117 Å². The SMILES string of the molecule is COC(=O)/C=C/COC[C@@](C)(NC(=O)O)C(=O)Nc1ccc2c(c1)CCN(C)CC2. The van der Waals surface area contributed by atoms with Gasteiger partial charge < -0.3 is 30.1 Å². The molecule has 30 heavy (non-hydrogen) atoms. The molecule has 3 N–H and O–H groups in total. The van der Waals surface area contributed by atoms with Crippen molar-refractivity contribution in [1.82, 2.24) is 10.2 Å². The van der Waals surface area contributed by atoms with Gasteiger partial charge in [0.15, 0.2) is 0 Å². The number of esters is 1. The van der Waals surface area contributed by atoms with Gasteiger partial charge in [-0.1, -0.05) is 12.1 Å². The van der Waals surface area contributed by atoms with Crippen LogP contribution in [-0.2, 0) is 31.9 Å². The normalized spacial score (nSPS) is 16.2. The Labute approximate surface area is 176 Å². The molecule has 2 amide bonds. The van der Waals surface area contributed by atoms with Crippen molar-refractivity contribution < 1.29 is 29.0 Å². The number of carbonyl (C=O) groups is 3. The number of benzene rings is 1. The van der Waals surface area contributed by atoms with Crippen LogP contribution in [-0.4, -0.2) is 74.0 Å². The molecule has 1 aromatic carbocycles. The number of rotatable bonds is 8. The summed E-state index contributed by atoms with van der Waals surface area (Å²) in [5, 5.41) is 14.2. The summed E-state index contributed by atoms with van der Waals surface area (Å²) in [5.41, 5.74) is 1.52. The van der Waals surface area contributed by atoms with Gasteiger partial charge in [-0.3, -0.25) is 4.79 Å². The standard InChI is InChI=1S/C21H29N3O6/c1-21(23-20(27)28,14-30-12-4-5-18(25)29-3)19(26)22-17-7-6-15-8-10-24(2)11-9-16(15)13-17/h4-7,13,23H,8-12,14H2,1-3H3,(H,22,26)(H,27,28)/b5-4+/t21-/m1/s1. The molecule has 0 spiro atoms. The van der Waals surface area contributed by atoms with Crippen molar-refractivity contribution in [3.63, 3.8) is 0 Å². The molecule has 0 radical (unpaired) electrons. The van der Waals surface area contributed by atoms with E-state index >= 15 is 0 Å². The highest BCUT2D eigenvalue weighted by Gasteiger charge is 2.35. The van der Waals surface area contributed by atoms with Gasteiger partial charge in [-0.2, -0.15) is 0 Å². The molecule has 0 saturated heterocycles. The van der Waals surface area contributed by atoms with Crippen molar-refractivity contribution in [3.05, 3.63) is 41.5 Å². The van der Waals surface area contributed by atoms with Gasteiger partial charge in [0, 0.05) is 24.9 Å². The number of anilines is 1. The fourth-order valence-corrected chi connectivity index (χ4v) is 3.12. The van der Waals surface area contributed by atoms with Crippen molar-refractivity contribution in [2.45, 2.75) is 25.3 Å². The molecule has 1 atom stereocenters. The molecule has 9 nitrogen and oxygen atoms in total. The van der Waals surface area contributed by atoms with E-state index in [1.807, 2.05) is 18.2 Å². The number of hydrogen-bond donors (Lipinski definition) is 3. The lowest BCUT2D eigenvalue weighted by Crippen LogP contribution is -2.57. The lowest BCUT2D eigenvalue weighted by atomic mass is 10.0. The first-order chi connectivity index (χ1) is 14.2. The predicted octanol–water partition coefficient (Wildman–Crippen LogP) is 1.43. The Bertz CT molecular complexity index is 810. The molecule has 9 heteroatoms. The van der Waals surface area contributed by atoms with Gasteiger partial charge in [0.25, 0.3) is 5.91 Å². The Morgan fingerprint density at radius 3 is 2.60 bits per heavy atom. The number of carboxylic acid groups (broad SMARTS) is 1. The summed E-state index contributed by atoms with van der Waals surface area (Å²) in [6.45, 7) is 3.17. The molecular formula is C21H29N3O6. The molecule has 0 saturated carbocycles. The van der Waals surface area contributed by atoms with E-state index in [9.17, 15) is 14.4 Å². The Hall–Kier alpha value is -2.91. The second-order valence-electron chi connectivity index (χ2n) is 7.44. The minimum absolute atomic E-state index is 0.0195. The van der Waals surface area contributed by atoms with Crippen LogP contribution in [0, 0.1) is 0 Å². The van der Waals surface area contributed by atoms with Crippen molar-refractivity contribution in [2.75, 3.05) is 45.8 Å². The van der Waals surface area contributed by atoms with Gasteiger partial charge in [0.05, 0.1) is 20.3 Å². The molecule has 0 aliphatic carbocycles. The summed E-state index contributed by atoms with van der Waals surface area (Å²) in [6.07, 6.45) is 3.11. The highest BCUT2D eigenvalue weighted by molar-refractivity contribution is 5.99. The number of fused-ring (bicyclic) bond motifs is 1. The molecule has 1 heterocycles. The third-order valence-corrected chi connectivity index (χ3v) is 4.93. The van der Waals surface area contributed by atoms with Crippen molar-refractivity contribution >= 4 is 23.7 Å². The molecule has 0 aromatic heterocycles. The molecule has 1 aliphatic heterocycles. The Morgan fingerprint density at radius 1 is 1.23 bits per heavy atom. The summed E-state index contributed by atoms with van der Waals surface area (Å²) in [5.74, 6) is -1.07. The van der Waals surface area contributed by atoms with Gasteiger partial charge in [-0.15, -0.1) is 0 Å². The number of likely N-dealkylation sites (N-methyl/N-ethyl adjacent to an activating group) is 1. The average Bonchev–Trinajstić information content (AvgIpc) is 2.88. The maximum Gasteiger partial charge on any atom is 0.405 e. The maximum atomic E-state index is 12.9. The van der Waals surface area contributed by atoms with E-state index in [1.54, 1.807) is 0 Å². The molecule has 164 valence electrons. The number of amides is 2. The van der Waals surface area contributed by atoms with Crippen molar-refractivity contribution in [1.29, 1.82) is 0 Å². The second-order valence-corrected chi connectivity index (χ2v) is 7.44. The van der Waals surface area contributed by atoms with E-state index in [-0.39, 0.29) is 13.2 Å². The Kier molecular flexibility index (Phi) is 8.37. The van der Waals surface area contributed by atoms with Gasteiger partial charge in [-0.05, 0) is 50.1 Å². The third kappa shape index (κ3) is 6.85. The largest absolute Gasteiger partial charge is 0.466 e. The van der Waals surface area contributed by atoms with E-state index in [0.717, 1.165) is 25.9 Å². The third-order valence-electron chi connectivity index (χ3n) is 4.93. The van der Waals surface area contributed by atoms with Crippen LogP contribution in [0.5, 0.6) is 0 Å². The van der Waals surface area contributed by atoms with Gasteiger partial charge in [0.2, 0.25) is 0 Å². The summed E-state index contributed by atoms with van der Waals surface area (Å²) in [4.78, 5) is 37.4. The zero-order valence-electron chi connectivity index (χ0n) is 17.6. The van der Waals surface area contributed by atoms with Crippen LogP contribution in [0.2, 0.25) is 0 Å². The Morgan fingerprint density at radius 2 is 1.93 bits per heavy atom. The smallest absolute Gasteiger partial charge is 0.405 e. The monoisotopic (exact) mass is 419 g/mol. The van der Waals surface area contributed by atoms with Crippen LogP contribution >= 0.6 is 0 Å². The van der Waals surface area contributed by atoms with E-state index < -0.39 is 23.5 Å². The van der Waals surface area contributed by atoms with Crippen molar-refractivity contribution in [2.24, 2.45) is 0 Å². The number of nitrogens with zero attached hydrogens (tertiary/aromatic N) is 1. The molecule has 0 unspecified atom stereocenters. The Balaban J connectivity index is 2.04. The van der Waals surface area contributed by atoms with Crippen LogP contribution in [0.15, 0.2) is 30.4 Å². The number of ether oxygens (including phenoxy) is 2. The van der Waals surface area contributed by atoms with E-state index in [0.29, 0.717) is 5.69 Å². The minimum Gasteiger partial charge on any atom is -0.466 e. The first-order valence-electron chi connectivity index (χ1n) is 9.68. The summed E-state index contributed by atoms with van der Waals surface area (Å²) in [6, 6.07) is 5.76. The van der Waals surface area contributed by atoms with Crippen molar-refractivity contribution in [3.8, 4) is 0 Å². The molecule has 0 bridgehead atoms. The van der Waals surface area contributed by atoms with E-state index in [1.165, 1.54) is 37.3 Å². The summed E-state index contributed by atoms with van der Waals surface area (Å²) >= 11 is 0. The van der Waals surface area contributed by atoms with E-state index in [4.69, 9.17) is 9.84 Å². The summed E-state index contributed by atoms with van der Waals surface area (Å²) in [7, 11) is 3.34. The molecule has 1 aromatic rings. The highest BCUT2D eigenvalue weighted by Crippen LogP contribution is 2.21. The average molecular weight is 419 g/mol. The van der Waals surface area contributed by atoms with Gasteiger partial charge in [0.1, 0.15) is 5.54 Å². The van der Waals surface area contributed by atoms with Crippen LogP contribution in [0.25, 0.3) is 0 Å². The predicted molar refractivity (Wildman–Crippen MR) is 112 cm³/mol. The first-order valence-corrected chi connectivity index (χ1v) is 9.68. The lowest BCUT2D eigenvalue weighted by Gasteiger charge is -2.28. The minimum atomic E-state index is -1.52. The fraction of sp³-hybridized carbons (Fsp3) is 0.476. The molecular weight excluding hydrogens is 390 g/mol. The van der Waals surface area contributed by atoms with Crippen LogP contribution in [0.1, 0.15) is 18.1 Å². The zero-order chi connectivity index (χ0) is 22.1. The number of methoxy groups -OCH3 is 1. The molecule has 0 fully saturated rings. The number of carbonyl (C=O) groups excluding carboxylic acids is 2. The quantitative estimate of drug-likeness (QED) is 0.331. The lowest BCUT2D eigenvalue weighted by molar-refractivity contribution is -0.135. The van der Waals surface area contributed by atoms with Crippen LogP contribution < -0.4 is 10.6 Å². The molecule has 1 aliphatic rings. The second kappa shape index (κ2) is 10.7. The maximum absolute atomic E-state index is 12.9. The zero-order valence-corrected chi connectivity index (χ0v) is 17.6. The van der Waals surface area contributed by atoms with Crippen LogP contribution in [0.4, 0.5) is 10.5 Å². The van der Waals surface area contributed by atoms with Gasteiger partial charge >= 0.3 is 12.1 Å². The first kappa shape index (κ1) is 23.4. The fourth-order valence-electron chi connectivity index (χ4n) is 3.12. The molecule has 2 rings (SSSR count). The van der Waals surface area contributed by atoms with Crippen LogP contribution in [0.3, 0.4) is 0 Å².